The number of amides is 1. The van der Waals surface area contributed by atoms with Gasteiger partial charge in [0.2, 0.25) is 5.89 Å². The fraction of sp³-hybridized carbons (Fsp3) is 0.0769. The molecule has 0 bridgehead atoms. The van der Waals surface area contributed by atoms with Crippen molar-refractivity contribution in [2.75, 3.05) is 19.0 Å². The lowest BCUT2D eigenvalue weighted by atomic mass is 10.1. The minimum Gasteiger partial charge on any atom is -0.495 e. The maximum atomic E-state index is 12.6. The molecule has 0 aliphatic heterocycles. The number of oxazole rings is 1. The zero-order valence-corrected chi connectivity index (χ0v) is 17.4. The second-order valence-electron chi connectivity index (χ2n) is 7.22. The van der Waals surface area contributed by atoms with Crippen molar-refractivity contribution in [3.63, 3.8) is 0 Å². The molecule has 1 heterocycles. The lowest BCUT2D eigenvalue weighted by Gasteiger charge is -2.13. The average molecular weight is 424 g/mol. The first-order valence-electron chi connectivity index (χ1n) is 10.2. The molecule has 0 spiro atoms. The van der Waals surface area contributed by atoms with Crippen molar-refractivity contribution in [2.24, 2.45) is 0 Å². The molecular weight excluding hydrogens is 404 g/mol. The lowest BCUT2D eigenvalue weighted by Crippen LogP contribution is -2.20. The summed E-state index contributed by atoms with van der Waals surface area (Å²) in [5.74, 6) is 1.36. The second kappa shape index (κ2) is 8.43. The number of rotatable bonds is 6. The van der Waals surface area contributed by atoms with Crippen LogP contribution >= 0.6 is 0 Å². The Morgan fingerprint density at radius 1 is 0.938 bits per heavy atom. The Morgan fingerprint density at radius 3 is 2.62 bits per heavy atom. The Labute approximate surface area is 184 Å². The van der Waals surface area contributed by atoms with E-state index in [9.17, 15) is 4.79 Å². The Morgan fingerprint density at radius 2 is 1.75 bits per heavy atom. The van der Waals surface area contributed by atoms with Gasteiger partial charge in [0.1, 0.15) is 17.0 Å². The molecule has 1 N–H and O–H groups in total. The number of carbonyl (C=O) groups excluding carboxylic acids is 1. The van der Waals surface area contributed by atoms with E-state index in [1.165, 1.54) is 0 Å². The highest BCUT2D eigenvalue weighted by Gasteiger charge is 2.14. The quantitative estimate of drug-likeness (QED) is 0.380. The summed E-state index contributed by atoms with van der Waals surface area (Å²) in [6.45, 7) is -0.135. The Bertz CT molecular complexity index is 1390. The largest absolute Gasteiger partial charge is 0.495 e. The van der Waals surface area contributed by atoms with Crippen molar-refractivity contribution in [1.29, 1.82) is 0 Å². The van der Waals surface area contributed by atoms with Gasteiger partial charge >= 0.3 is 0 Å². The van der Waals surface area contributed by atoms with Gasteiger partial charge in [-0.3, -0.25) is 4.79 Å². The number of anilines is 1. The van der Waals surface area contributed by atoms with Crippen LogP contribution in [0.5, 0.6) is 11.5 Å². The third-order valence-electron chi connectivity index (χ3n) is 5.12. The summed E-state index contributed by atoms with van der Waals surface area (Å²) in [7, 11) is 1.55. The summed E-state index contributed by atoms with van der Waals surface area (Å²) in [6, 6.07) is 26.6. The topological polar surface area (TPSA) is 73.6 Å². The molecule has 5 aromatic rings. The van der Waals surface area contributed by atoms with Crippen molar-refractivity contribution < 1.29 is 18.7 Å². The number of para-hydroxylation sites is 2. The Balaban J connectivity index is 1.35. The molecular formula is C26H20N2O4. The number of fused-ring (bicyclic) bond motifs is 2. The Kier molecular flexibility index (Phi) is 5.17. The predicted octanol–water partition coefficient (Wildman–Crippen LogP) is 5.67. The van der Waals surface area contributed by atoms with E-state index < -0.39 is 0 Å². The van der Waals surface area contributed by atoms with Crippen molar-refractivity contribution in [1.82, 2.24) is 4.98 Å². The van der Waals surface area contributed by atoms with Crippen molar-refractivity contribution in [3.8, 4) is 23.0 Å². The van der Waals surface area contributed by atoms with Crippen LogP contribution in [0.2, 0.25) is 0 Å². The highest BCUT2D eigenvalue weighted by Crippen LogP contribution is 2.32. The van der Waals surface area contributed by atoms with E-state index in [0.717, 1.165) is 21.9 Å². The molecule has 6 heteroatoms. The maximum absolute atomic E-state index is 12.6. The van der Waals surface area contributed by atoms with Crippen LogP contribution in [-0.2, 0) is 4.79 Å². The third kappa shape index (κ3) is 3.86. The molecule has 5 rings (SSSR count). The van der Waals surface area contributed by atoms with Crippen LogP contribution in [0.4, 0.5) is 5.69 Å². The molecule has 1 amide bonds. The molecule has 0 radical (unpaired) electrons. The fourth-order valence-corrected chi connectivity index (χ4v) is 3.59. The maximum Gasteiger partial charge on any atom is 0.262 e. The molecule has 0 atom stereocenters. The van der Waals surface area contributed by atoms with E-state index in [1.54, 1.807) is 19.2 Å². The normalized spacial score (nSPS) is 10.9. The number of carbonyl (C=O) groups is 1. The van der Waals surface area contributed by atoms with Crippen LogP contribution < -0.4 is 14.8 Å². The van der Waals surface area contributed by atoms with Crippen LogP contribution in [0.1, 0.15) is 0 Å². The molecule has 1 aromatic heterocycles. The molecule has 0 aliphatic carbocycles. The highest BCUT2D eigenvalue weighted by molar-refractivity contribution is 5.95. The SMILES string of the molecule is COc1ccc(-c2nc3ccccc3o2)cc1NC(=O)COc1cccc2ccccc12. The van der Waals surface area contributed by atoms with Crippen molar-refractivity contribution >= 4 is 33.5 Å². The van der Waals surface area contributed by atoms with Gasteiger partial charge in [-0.25, -0.2) is 4.98 Å². The van der Waals surface area contributed by atoms with Gasteiger partial charge in [-0.15, -0.1) is 0 Å². The van der Waals surface area contributed by atoms with E-state index in [2.05, 4.69) is 10.3 Å². The van der Waals surface area contributed by atoms with Gasteiger partial charge in [-0.1, -0.05) is 48.5 Å². The fourth-order valence-electron chi connectivity index (χ4n) is 3.59. The van der Waals surface area contributed by atoms with Crippen LogP contribution in [-0.4, -0.2) is 24.6 Å². The predicted molar refractivity (Wildman–Crippen MR) is 124 cm³/mol. The zero-order chi connectivity index (χ0) is 21.9. The molecule has 0 saturated heterocycles. The number of hydrogen-bond donors (Lipinski definition) is 1. The van der Waals surface area contributed by atoms with E-state index >= 15 is 0 Å². The number of methoxy groups -OCH3 is 1. The van der Waals surface area contributed by atoms with Gasteiger partial charge in [0, 0.05) is 10.9 Å². The molecule has 6 nitrogen and oxygen atoms in total. The first-order chi connectivity index (χ1) is 15.7. The van der Waals surface area contributed by atoms with Gasteiger partial charge in [0.05, 0.1) is 12.8 Å². The zero-order valence-electron chi connectivity index (χ0n) is 17.4. The van der Waals surface area contributed by atoms with Gasteiger partial charge in [-0.2, -0.15) is 0 Å². The average Bonchev–Trinajstić information content (AvgIpc) is 3.27. The summed E-state index contributed by atoms with van der Waals surface area (Å²) in [4.78, 5) is 17.2. The van der Waals surface area contributed by atoms with Gasteiger partial charge in [-0.05, 0) is 41.8 Å². The minimum absolute atomic E-state index is 0.135. The minimum atomic E-state index is -0.300. The lowest BCUT2D eigenvalue weighted by molar-refractivity contribution is -0.118. The number of benzene rings is 4. The van der Waals surface area contributed by atoms with Gasteiger partial charge in [0.15, 0.2) is 12.2 Å². The van der Waals surface area contributed by atoms with E-state index in [0.29, 0.717) is 28.7 Å². The van der Waals surface area contributed by atoms with Gasteiger partial charge < -0.3 is 19.2 Å². The highest BCUT2D eigenvalue weighted by atomic mass is 16.5. The Hall–Kier alpha value is -4.32. The van der Waals surface area contributed by atoms with E-state index in [4.69, 9.17) is 13.9 Å². The number of nitrogens with zero attached hydrogens (tertiary/aromatic N) is 1. The smallest absolute Gasteiger partial charge is 0.262 e. The van der Waals surface area contributed by atoms with E-state index in [1.807, 2.05) is 72.8 Å². The molecule has 0 aliphatic rings. The second-order valence-corrected chi connectivity index (χ2v) is 7.22. The van der Waals surface area contributed by atoms with Crippen LogP contribution in [0.3, 0.4) is 0 Å². The van der Waals surface area contributed by atoms with Crippen LogP contribution in [0, 0.1) is 0 Å². The summed E-state index contributed by atoms with van der Waals surface area (Å²) in [6.07, 6.45) is 0. The molecule has 4 aromatic carbocycles. The summed E-state index contributed by atoms with van der Waals surface area (Å²) >= 11 is 0. The van der Waals surface area contributed by atoms with Crippen LogP contribution in [0.15, 0.2) is 89.3 Å². The van der Waals surface area contributed by atoms with Gasteiger partial charge in [0.25, 0.3) is 5.91 Å². The molecule has 0 unspecified atom stereocenters. The molecule has 158 valence electrons. The number of hydrogen-bond acceptors (Lipinski definition) is 5. The summed E-state index contributed by atoms with van der Waals surface area (Å²) in [5.41, 5.74) is 2.71. The molecule has 0 saturated carbocycles. The first-order valence-corrected chi connectivity index (χ1v) is 10.2. The standard InChI is InChI=1S/C26H20N2O4/c1-30-23-14-13-18(26-28-20-10-4-5-11-24(20)32-26)15-21(23)27-25(29)16-31-22-12-6-8-17-7-2-3-9-19(17)22/h2-15H,16H2,1H3,(H,27,29). The number of nitrogens with one attached hydrogen (secondary N) is 1. The van der Waals surface area contributed by atoms with Crippen LogP contribution in [0.25, 0.3) is 33.3 Å². The summed E-state index contributed by atoms with van der Waals surface area (Å²) < 4.78 is 17.1. The molecule has 0 fully saturated rings. The van der Waals surface area contributed by atoms with E-state index in [-0.39, 0.29) is 12.5 Å². The van der Waals surface area contributed by atoms with Crippen molar-refractivity contribution in [2.45, 2.75) is 0 Å². The third-order valence-corrected chi connectivity index (χ3v) is 5.12. The van der Waals surface area contributed by atoms with Crippen molar-refractivity contribution in [3.05, 3.63) is 84.9 Å². The number of aromatic nitrogens is 1. The summed E-state index contributed by atoms with van der Waals surface area (Å²) in [5, 5.41) is 4.88. The monoisotopic (exact) mass is 424 g/mol. The number of ether oxygens (including phenoxy) is 2. The molecule has 32 heavy (non-hydrogen) atoms. The first kappa shape index (κ1) is 19.6.